The Kier molecular flexibility index (Phi) is 4.15. The van der Waals surface area contributed by atoms with Crippen LogP contribution in [0, 0.1) is 12.7 Å². The summed E-state index contributed by atoms with van der Waals surface area (Å²) >= 11 is 0. The second-order valence-corrected chi connectivity index (χ2v) is 5.94. The third kappa shape index (κ3) is 2.50. The molecule has 0 saturated heterocycles. The van der Waals surface area contributed by atoms with Gasteiger partial charge in [-0.3, -0.25) is 0 Å². The van der Waals surface area contributed by atoms with Crippen molar-refractivity contribution < 1.29 is 8.91 Å². The van der Waals surface area contributed by atoms with Crippen LogP contribution < -0.4 is 5.73 Å². The number of para-hydroxylation sites is 1. The van der Waals surface area contributed by atoms with Crippen LogP contribution in [0.15, 0.2) is 35.0 Å². The van der Waals surface area contributed by atoms with Crippen molar-refractivity contribution in [3.05, 3.63) is 47.8 Å². The van der Waals surface area contributed by atoms with E-state index in [4.69, 9.17) is 10.3 Å². The van der Waals surface area contributed by atoms with Gasteiger partial charge in [-0.2, -0.15) is 10.1 Å². The summed E-state index contributed by atoms with van der Waals surface area (Å²) in [5, 5.41) is 8.25. The second-order valence-electron chi connectivity index (χ2n) is 5.94. The van der Waals surface area contributed by atoms with Crippen molar-refractivity contribution in [3.8, 4) is 17.1 Å². The number of halogens is 2. The number of aromatic nitrogens is 4. The highest BCUT2D eigenvalue weighted by molar-refractivity contribution is 5.85. The Morgan fingerprint density at radius 3 is 2.71 bits per heavy atom. The maximum atomic E-state index is 14.0. The van der Waals surface area contributed by atoms with E-state index in [-0.39, 0.29) is 18.2 Å². The molecule has 2 aromatic heterocycles. The van der Waals surface area contributed by atoms with Gasteiger partial charge >= 0.3 is 0 Å². The van der Waals surface area contributed by atoms with Crippen LogP contribution in [0.25, 0.3) is 17.1 Å². The van der Waals surface area contributed by atoms with Crippen molar-refractivity contribution in [2.75, 3.05) is 0 Å². The molecule has 0 bridgehead atoms. The summed E-state index contributed by atoms with van der Waals surface area (Å²) in [4.78, 5) is 4.41. The number of hydrogen-bond donors (Lipinski definition) is 1. The number of nitrogens with two attached hydrogens (primary N) is 1. The highest BCUT2D eigenvalue weighted by atomic mass is 35.5. The third-order valence-corrected chi connectivity index (χ3v) is 4.44. The maximum Gasteiger partial charge on any atom is 0.261 e. The highest BCUT2D eigenvalue weighted by Gasteiger charge is 2.39. The molecule has 0 spiro atoms. The van der Waals surface area contributed by atoms with Crippen molar-refractivity contribution in [2.24, 2.45) is 5.73 Å². The largest absolute Gasteiger partial charge is 0.334 e. The number of nitrogens with zero attached hydrogens (tertiary/aromatic N) is 4. The standard InChI is InChI=1S/C16H16FN5O.ClH/c1-10-11(9-19-22(10)13-6-3-2-5-12(13)17)14-20-15(21-23-14)16(18)7-4-8-16;/h2-3,5-6,9H,4,7-8,18H2,1H3;1H. The van der Waals surface area contributed by atoms with E-state index in [1.165, 1.54) is 10.7 Å². The Bertz CT molecular complexity index is 871. The molecule has 2 N–H and O–H groups in total. The lowest BCUT2D eigenvalue weighted by Gasteiger charge is -2.34. The Morgan fingerprint density at radius 1 is 1.29 bits per heavy atom. The lowest BCUT2D eigenvalue weighted by molar-refractivity contribution is 0.229. The molecular formula is C16H17ClFN5O. The van der Waals surface area contributed by atoms with E-state index in [9.17, 15) is 4.39 Å². The fourth-order valence-corrected chi connectivity index (χ4v) is 2.80. The quantitative estimate of drug-likeness (QED) is 0.785. The molecule has 8 heteroatoms. The van der Waals surface area contributed by atoms with Gasteiger partial charge in [0.05, 0.1) is 23.0 Å². The first-order valence-corrected chi connectivity index (χ1v) is 7.51. The summed E-state index contributed by atoms with van der Waals surface area (Å²) in [6.45, 7) is 1.83. The van der Waals surface area contributed by atoms with Crippen LogP contribution in [0.2, 0.25) is 0 Å². The minimum atomic E-state index is -0.475. The van der Waals surface area contributed by atoms with Gasteiger partial charge in [-0.05, 0) is 38.3 Å². The molecule has 1 aromatic carbocycles. The zero-order chi connectivity index (χ0) is 16.0. The topological polar surface area (TPSA) is 82.8 Å². The first kappa shape index (κ1) is 16.6. The van der Waals surface area contributed by atoms with E-state index in [2.05, 4.69) is 15.2 Å². The Balaban J connectivity index is 0.00000169. The molecule has 1 aliphatic rings. The van der Waals surface area contributed by atoms with Gasteiger partial charge in [0.1, 0.15) is 11.5 Å². The predicted molar refractivity (Wildman–Crippen MR) is 88.5 cm³/mol. The minimum Gasteiger partial charge on any atom is -0.334 e. The van der Waals surface area contributed by atoms with Crippen LogP contribution in [0.1, 0.15) is 30.8 Å². The highest BCUT2D eigenvalue weighted by Crippen LogP contribution is 2.38. The summed E-state index contributed by atoms with van der Waals surface area (Å²) in [6, 6.07) is 6.47. The van der Waals surface area contributed by atoms with Crippen molar-refractivity contribution in [1.82, 2.24) is 19.9 Å². The van der Waals surface area contributed by atoms with Crippen molar-refractivity contribution in [1.29, 1.82) is 0 Å². The summed E-state index contributed by atoms with van der Waals surface area (Å²) < 4.78 is 20.8. The van der Waals surface area contributed by atoms with E-state index in [1.54, 1.807) is 24.4 Å². The van der Waals surface area contributed by atoms with Gasteiger partial charge in [-0.15, -0.1) is 12.4 Å². The van der Waals surface area contributed by atoms with Crippen molar-refractivity contribution in [2.45, 2.75) is 31.7 Å². The SMILES string of the molecule is Cc1c(-c2nc(C3(N)CCC3)no2)cnn1-c1ccccc1F.Cl. The minimum absolute atomic E-state index is 0. The van der Waals surface area contributed by atoms with Gasteiger partial charge < -0.3 is 10.3 Å². The normalized spacial score (nSPS) is 15.6. The van der Waals surface area contributed by atoms with Gasteiger partial charge in [-0.1, -0.05) is 17.3 Å². The zero-order valence-corrected chi connectivity index (χ0v) is 13.9. The molecule has 0 unspecified atom stereocenters. The third-order valence-electron chi connectivity index (χ3n) is 4.44. The average molecular weight is 350 g/mol. The van der Waals surface area contributed by atoms with E-state index < -0.39 is 5.54 Å². The molecular weight excluding hydrogens is 333 g/mol. The van der Waals surface area contributed by atoms with Crippen LogP contribution in [-0.4, -0.2) is 19.9 Å². The molecule has 24 heavy (non-hydrogen) atoms. The van der Waals surface area contributed by atoms with Gasteiger partial charge in [0.2, 0.25) is 0 Å². The van der Waals surface area contributed by atoms with Gasteiger partial charge in [-0.25, -0.2) is 9.07 Å². The van der Waals surface area contributed by atoms with E-state index in [0.29, 0.717) is 23.0 Å². The molecule has 0 radical (unpaired) electrons. The van der Waals surface area contributed by atoms with Crippen LogP contribution in [-0.2, 0) is 5.54 Å². The number of hydrogen-bond acceptors (Lipinski definition) is 5. The Morgan fingerprint density at radius 2 is 2.04 bits per heavy atom. The Labute approximate surface area is 144 Å². The monoisotopic (exact) mass is 349 g/mol. The van der Waals surface area contributed by atoms with Gasteiger partial charge in [0, 0.05) is 0 Å². The first-order chi connectivity index (χ1) is 11.1. The lowest BCUT2D eigenvalue weighted by atomic mass is 9.77. The molecule has 1 aliphatic carbocycles. The molecule has 0 atom stereocenters. The molecule has 3 aromatic rings. The maximum absolute atomic E-state index is 14.0. The molecule has 4 rings (SSSR count). The molecule has 1 saturated carbocycles. The zero-order valence-electron chi connectivity index (χ0n) is 13.1. The predicted octanol–water partition coefficient (Wildman–Crippen LogP) is 3.13. The number of benzene rings is 1. The van der Waals surface area contributed by atoms with Crippen LogP contribution in [0.4, 0.5) is 4.39 Å². The molecule has 1 fully saturated rings. The van der Waals surface area contributed by atoms with Crippen LogP contribution in [0.3, 0.4) is 0 Å². The van der Waals surface area contributed by atoms with Crippen LogP contribution >= 0.6 is 12.4 Å². The van der Waals surface area contributed by atoms with Gasteiger partial charge in [0.25, 0.3) is 5.89 Å². The molecule has 2 heterocycles. The van der Waals surface area contributed by atoms with E-state index in [1.807, 2.05) is 6.92 Å². The van der Waals surface area contributed by atoms with E-state index in [0.717, 1.165) is 25.0 Å². The van der Waals surface area contributed by atoms with E-state index >= 15 is 0 Å². The Hall–Kier alpha value is -2.25. The second kappa shape index (κ2) is 5.99. The first-order valence-electron chi connectivity index (χ1n) is 7.51. The van der Waals surface area contributed by atoms with Gasteiger partial charge in [0.15, 0.2) is 5.82 Å². The number of rotatable bonds is 3. The summed E-state index contributed by atoms with van der Waals surface area (Å²) in [6.07, 6.45) is 4.40. The smallest absolute Gasteiger partial charge is 0.261 e. The molecule has 0 aliphatic heterocycles. The fourth-order valence-electron chi connectivity index (χ4n) is 2.80. The fraction of sp³-hybridized carbons (Fsp3) is 0.312. The molecule has 0 amide bonds. The summed E-state index contributed by atoms with van der Waals surface area (Å²) in [5.74, 6) is 0.542. The average Bonchev–Trinajstić information content (AvgIpc) is 3.12. The molecule has 6 nitrogen and oxygen atoms in total. The summed E-state index contributed by atoms with van der Waals surface area (Å²) in [5.41, 5.74) is 7.52. The lowest BCUT2D eigenvalue weighted by Crippen LogP contribution is -2.44. The van der Waals surface area contributed by atoms with Crippen molar-refractivity contribution in [3.63, 3.8) is 0 Å². The summed E-state index contributed by atoms with van der Waals surface area (Å²) in [7, 11) is 0. The molecule has 126 valence electrons. The van der Waals surface area contributed by atoms with Crippen LogP contribution in [0.5, 0.6) is 0 Å². The van der Waals surface area contributed by atoms with Crippen molar-refractivity contribution >= 4 is 12.4 Å².